The van der Waals surface area contributed by atoms with Gasteiger partial charge in [-0.2, -0.15) is 0 Å². The topological polar surface area (TPSA) is 65.5 Å². The summed E-state index contributed by atoms with van der Waals surface area (Å²) in [6.07, 6.45) is 6.37. The SMILES string of the molecule is CC(=O)N(C)[C@@H]1CC[C@@H](CN2CCC[C@@H](Cc3ccc(F)cc3)C2)[C@H](NC(=O)Cc2nc(C)cs2)C1. The largest absolute Gasteiger partial charge is 0.353 e. The van der Waals surface area contributed by atoms with Gasteiger partial charge in [0.2, 0.25) is 11.8 Å². The van der Waals surface area contributed by atoms with Gasteiger partial charge in [0.15, 0.2) is 0 Å². The number of hydrogen-bond acceptors (Lipinski definition) is 5. The number of carbonyl (C=O) groups excluding carboxylic acids is 2. The van der Waals surface area contributed by atoms with Gasteiger partial charge in [0.25, 0.3) is 0 Å². The zero-order valence-corrected chi connectivity index (χ0v) is 22.5. The lowest BCUT2D eigenvalue weighted by molar-refractivity contribution is -0.130. The Hall–Kier alpha value is -2.32. The Balaban J connectivity index is 1.38. The molecule has 2 amide bonds. The molecule has 1 saturated heterocycles. The van der Waals surface area contributed by atoms with Crippen LogP contribution in [0.15, 0.2) is 29.6 Å². The molecule has 6 nitrogen and oxygen atoms in total. The first-order chi connectivity index (χ1) is 17.3. The third kappa shape index (κ3) is 7.35. The lowest BCUT2D eigenvalue weighted by Crippen LogP contribution is -2.53. The van der Waals surface area contributed by atoms with E-state index in [2.05, 4.69) is 15.2 Å². The van der Waals surface area contributed by atoms with E-state index >= 15 is 0 Å². The van der Waals surface area contributed by atoms with Crippen molar-refractivity contribution >= 4 is 23.2 Å². The van der Waals surface area contributed by atoms with Crippen molar-refractivity contribution in [2.24, 2.45) is 11.8 Å². The van der Waals surface area contributed by atoms with Crippen LogP contribution in [-0.4, -0.2) is 65.4 Å². The Morgan fingerprint density at radius 2 is 2.00 bits per heavy atom. The number of amides is 2. The molecule has 196 valence electrons. The minimum atomic E-state index is -0.187. The molecule has 36 heavy (non-hydrogen) atoms. The summed E-state index contributed by atoms with van der Waals surface area (Å²) in [4.78, 5) is 33.8. The third-order valence-corrected chi connectivity index (χ3v) is 8.84. The van der Waals surface area contributed by atoms with Crippen molar-refractivity contribution in [1.29, 1.82) is 0 Å². The van der Waals surface area contributed by atoms with Crippen LogP contribution in [0.1, 0.15) is 55.3 Å². The van der Waals surface area contributed by atoms with Crippen LogP contribution in [0.5, 0.6) is 0 Å². The summed E-state index contributed by atoms with van der Waals surface area (Å²) in [5, 5.41) is 6.14. The number of piperidine rings is 1. The maximum Gasteiger partial charge on any atom is 0.227 e. The summed E-state index contributed by atoms with van der Waals surface area (Å²) in [5.74, 6) is 0.812. The standard InChI is InChI=1S/C28H39FN4O2S/c1-19-18-36-28(30-19)15-27(35)31-26-14-25(32(3)20(2)34)11-8-23(26)17-33-12-4-5-22(16-33)13-21-6-9-24(29)10-7-21/h6-7,9-10,18,22-23,25-26H,4-5,8,11-17H2,1-3H3,(H,31,35)/t22-,23-,25+,26+/m0/s1. The quantitative estimate of drug-likeness (QED) is 0.573. The number of halogens is 1. The fourth-order valence-corrected chi connectivity index (χ4v) is 6.63. The highest BCUT2D eigenvalue weighted by atomic mass is 32.1. The predicted octanol–water partition coefficient (Wildman–Crippen LogP) is 4.22. The lowest BCUT2D eigenvalue weighted by Gasteiger charge is -2.43. The first-order valence-electron chi connectivity index (χ1n) is 13.2. The molecule has 2 aromatic rings. The number of hydrogen-bond donors (Lipinski definition) is 1. The van der Waals surface area contributed by atoms with Crippen molar-refractivity contribution < 1.29 is 14.0 Å². The second kappa shape index (κ2) is 12.3. The van der Waals surface area contributed by atoms with Crippen molar-refractivity contribution in [2.45, 2.75) is 70.9 Å². The number of likely N-dealkylation sites (tertiary alicyclic amines) is 1. The highest BCUT2D eigenvalue weighted by Gasteiger charge is 2.35. The Bertz CT molecular complexity index is 1030. The Kier molecular flexibility index (Phi) is 9.12. The van der Waals surface area contributed by atoms with E-state index in [1.165, 1.54) is 23.3 Å². The summed E-state index contributed by atoms with van der Waals surface area (Å²) >= 11 is 1.53. The van der Waals surface area contributed by atoms with Crippen LogP contribution in [0.2, 0.25) is 0 Å². The molecule has 0 spiro atoms. The first kappa shape index (κ1) is 26.7. The van der Waals surface area contributed by atoms with E-state index in [1.54, 1.807) is 19.1 Å². The van der Waals surface area contributed by atoms with Gasteiger partial charge in [0.05, 0.1) is 6.42 Å². The van der Waals surface area contributed by atoms with E-state index in [-0.39, 0.29) is 29.7 Å². The van der Waals surface area contributed by atoms with Gasteiger partial charge in [-0.15, -0.1) is 11.3 Å². The molecule has 2 fully saturated rings. The van der Waals surface area contributed by atoms with Gasteiger partial charge in [-0.05, 0) is 81.5 Å². The molecule has 1 aliphatic carbocycles. The van der Waals surface area contributed by atoms with Crippen LogP contribution in [0, 0.1) is 24.6 Å². The number of nitrogens with zero attached hydrogens (tertiary/aromatic N) is 3. The van der Waals surface area contributed by atoms with Gasteiger partial charge in [-0.3, -0.25) is 9.59 Å². The van der Waals surface area contributed by atoms with Crippen molar-refractivity contribution in [3.05, 3.63) is 51.7 Å². The summed E-state index contributed by atoms with van der Waals surface area (Å²) in [7, 11) is 1.87. The van der Waals surface area contributed by atoms with Gasteiger partial charge in [0, 0.05) is 50.2 Å². The second-order valence-electron chi connectivity index (χ2n) is 10.7. The number of aromatic nitrogens is 1. The summed E-state index contributed by atoms with van der Waals surface area (Å²) in [6, 6.07) is 7.09. The summed E-state index contributed by atoms with van der Waals surface area (Å²) in [5.41, 5.74) is 2.14. The highest BCUT2D eigenvalue weighted by molar-refractivity contribution is 7.09. The summed E-state index contributed by atoms with van der Waals surface area (Å²) < 4.78 is 13.3. The maximum atomic E-state index is 13.3. The average molecular weight is 515 g/mol. The normalized spacial score (nSPS) is 24.9. The number of benzene rings is 1. The molecule has 1 aliphatic heterocycles. The fraction of sp³-hybridized carbons (Fsp3) is 0.607. The molecule has 2 aliphatic rings. The zero-order chi connectivity index (χ0) is 25.7. The van der Waals surface area contributed by atoms with Crippen LogP contribution in [0.3, 0.4) is 0 Å². The molecule has 1 aromatic heterocycles. The molecular weight excluding hydrogens is 475 g/mol. The van der Waals surface area contributed by atoms with E-state index in [1.807, 2.05) is 36.4 Å². The molecule has 0 radical (unpaired) electrons. The smallest absolute Gasteiger partial charge is 0.227 e. The van der Waals surface area contributed by atoms with Gasteiger partial charge < -0.3 is 15.1 Å². The molecule has 4 atom stereocenters. The average Bonchev–Trinajstić information content (AvgIpc) is 3.25. The summed E-state index contributed by atoms with van der Waals surface area (Å²) in [6.45, 7) is 6.62. The molecule has 8 heteroatoms. The Labute approximate surface area is 218 Å². The molecule has 1 saturated carbocycles. The minimum absolute atomic E-state index is 0.0123. The second-order valence-corrected chi connectivity index (χ2v) is 11.6. The minimum Gasteiger partial charge on any atom is -0.353 e. The van der Waals surface area contributed by atoms with Crippen LogP contribution >= 0.6 is 11.3 Å². The lowest BCUT2D eigenvalue weighted by atomic mass is 9.80. The van der Waals surface area contributed by atoms with Crippen LogP contribution in [0.4, 0.5) is 4.39 Å². The Morgan fingerprint density at radius 3 is 2.69 bits per heavy atom. The number of thiazole rings is 1. The van der Waals surface area contributed by atoms with E-state index in [4.69, 9.17) is 0 Å². The van der Waals surface area contributed by atoms with Crippen LogP contribution < -0.4 is 5.32 Å². The molecule has 1 N–H and O–H groups in total. The molecule has 4 rings (SSSR count). The van der Waals surface area contributed by atoms with E-state index < -0.39 is 0 Å². The maximum absolute atomic E-state index is 13.3. The number of aryl methyl sites for hydroxylation is 1. The zero-order valence-electron chi connectivity index (χ0n) is 21.7. The van der Waals surface area contributed by atoms with Gasteiger partial charge in [-0.1, -0.05) is 12.1 Å². The van der Waals surface area contributed by atoms with Gasteiger partial charge >= 0.3 is 0 Å². The van der Waals surface area contributed by atoms with Crippen LogP contribution in [-0.2, 0) is 22.4 Å². The van der Waals surface area contributed by atoms with Crippen molar-refractivity contribution in [1.82, 2.24) is 20.1 Å². The number of nitrogens with one attached hydrogen (secondary N) is 1. The van der Waals surface area contributed by atoms with Crippen LogP contribution in [0.25, 0.3) is 0 Å². The monoisotopic (exact) mass is 514 g/mol. The number of carbonyl (C=O) groups is 2. The number of rotatable bonds is 8. The predicted molar refractivity (Wildman–Crippen MR) is 141 cm³/mol. The molecule has 0 unspecified atom stereocenters. The molecule has 1 aromatic carbocycles. The van der Waals surface area contributed by atoms with Gasteiger partial charge in [-0.25, -0.2) is 9.37 Å². The fourth-order valence-electron chi connectivity index (χ4n) is 5.86. The third-order valence-electron chi connectivity index (χ3n) is 7.87. The van der Waals surface area contributed by atoms with Gasteiger partial charge in [0.1, 0.15) is 10.8 Å². The molecular formula is C28H39FN4O2S. The first-order valence-corrected chi connectivity index (χ1v) is 14.1. The highest BCUT2D eigenvalue weighted by Crippen LogP contribution is 2.30. The van der Waals surface area contributed by atoms with Crippen molar-refractivity contribution in [3.63, 3.8) is 0 Å². The van der Waals surface area contributed by atoms with E-state index in [0.717, 1.165) is 62.4 Å². The molecule has 0 bridgehead atoms. The van der Waals surface area contributed by atoms with E-state index in [0.29, 0.717) is 18.3 Å². The van der Waals surface area contributed by atoms with Crippen molar-refractivity contribution in [2.75, 3.05) is 26.7 Å². The Morgan fingerprint density at radius 1 is 1.22 bits per heavy atom. The van der Waals surface area contributed by atoms with Crippen molar-refractivity contribution in [3.8, 4) is 0 Å². The molecule has 2 heterocycles. The van der Waals surface area contributed by atoms with E-state index in [9.17, 15) is 14.0 Å².